The van der Waals surface area contributed by atoms with Crippen LogP contribution in [-0.4, -0.2) is 59.0 Å². The van der Waals surface area contributed by atoms with Gasteiger partial charge in [-0.25, -0.2) is 4.39 Å². The van der Waals surface area contributed by atoms with Gasteiger partial charge >= 0.3 is 0 Å². The molecule has 1 unspecified atom stereocenters. The number of aromatic amines is 1. The van der Waals surface area contributed by atoms with E-state index >= 15 is 0 Å². The average Bonchev–Trinajstić information content (AvgIpc) is 3.32. The van der Waals surface area contributed by atoms with E-state index in [9.17, 15) is 9.18 Å². The van der Waals surface area contributed by atoms with E-state index in [1.54, 1.807) is 18.2 Å². The molecule has 1 saturated heterocycles. The van der Waals surface area contributed by atoms with Crippen molar-refractivity contribution in [1.29, 1.82) is 0 Å². The molecular weight excluding hydrogens is 463 g/mol. The minimum Gasteiger partial charge on any atom is -0.361 e. The van der Waals surface area contributed by atoms with E-state index in [1.807, 2.05) is 23.1 Å². The van der Waals surface area contributed by atoms with Crippen molar-refractivity contribution in [2.24, 2.45) is 5.73 Å². The molecule has 0 spiro atoms. The standard InChI is InChI=1S/C31H35FN4O/c32-29-12-6-4-10-24(29)19-26(33)20-31(37)36-17-16-35(22-27(36)18-23-8-2-1-3-9-23)15-14-25-21-34-30-13-7-5-11-28(25)30/h1-13,21,26-27,34H,14-20,22,33H2/t26-,27?/m1/s1. The van der Waals surface area contributed by atoms with Gasteiger partial charge in [0.05, 0.1) is 0 Å². The lowest BCUT2D eigenvalue weighted by Crippen LogP contribution is -2.57. The molecule has 0 saturated carbocycles. The molecule has 5 rings (SSSR count). The molecule has 6 heteroatoms. The fourth-order valence-corrected chi connectivity index (χ4v) is 5.49. The van der Waals surface area contributed by atoms with Crippen LogP contribution in [0.1, 0.15) is 23.1 Å². The summed E-state index contributed by atoms with van der Waals surface area (Å²) >= 11 is 0. The van der Waals surface area contributed by atoms with Crippen LogP contribution in [0.15, 0.2) is 85.1 Å². The monoisotopic (exact) mass is 498 g/mol. The maximum absolute atomic E-state index is 14.1. The van der Waals surface area contributed by atoms with Crippen molar-refractivity contribution < 1.29 is 9.18 Å². The zero-order valence-corrected chi connectivity index (χ0v) is 21.2. The Labute approximate surface area is 218 Å². The van der Waals surface area contributed by atoms with Crippen molar-refractivity contribution in [3.05, 3.63) is 108 Å². The number of amides is 1. The molecule has 3 aromatic carbocycles. The van der Waals surface area contributed by atoms with Gasteiger partial charge < -0.3 is 15.6 Å². The van der Waals surface area contributed by atoms with Crippen LogP contribution in [0.3, 0.4) is 0 Å². The Balaban J connectivity index is 1.24. The van der Waals surface area contributed by atoms with Crippen LogP contribution in [0.2, 0.25) is 0 Å². The lowest BCUT2D eigenvalue weighted by molar-refractivity contribution is -0.136. The van der Waals surface area contributed by atoms with Gasteiger partial charge in [-0.15, -0.1) is 0 Å². The molecule has 1 fully saturated rings. The first kappa shape index (κ1) is 25.2. The minimum atomic E-state index is -0.415. The number of hydrogen-bond acceptors (Lipinski definition) is 3. The fourth-order valence-electron chi connectivity index (χ4n) is 5.49. The number of aromatic nitrogens is 1. The molecule has 1 aliphatic heterocycles. The minimum absolute atomic E-state index is 0.0565. The Morgan fingerprint density at radius 2 is 1.73 bits per heavy atom. The predicted octanol–water partition coefficient (Wildman–Crippen LogP) is 4.57. The largest absolute Gasteiger partial charge is 0.361 e. The third kappa shape index (κ3) is 6.27. The van der Waals surface area contributed by atoms with E-state index in [0.717, 1.165) is 32.5 Å². The summed E-state index contributed by atoms with van der Waals surface area (Å²) in [6.07, 6.45) is 4.45. The summed E-state index contributed by atoms with van der Waals surface area (Å²) < 4.78 is 14.1. The first-order chi connectivity index (χ1) is 18.1. The highest BCUT2D eigenvalue weighted by molar-refractivity contribution is 5.83. The van der Waals surface area contributed by atoms with Gasteiger partial charge in [0.2, 0.25) is 5.91 Å². The van der Waals surface area contributed by atoms with Crippen molar-refractivity contribution in [1.82, 2.24) is 14.8 Å². The third-order valence-electron chi connectivity index (χ3n) is 7.45. The predicted molar refractivity (Wildman–Crippen MR) is 147 cm³/mol. The average molecular weight is 499 g/mol. The van der Waals surface area contributed by atoms with Crippen LogP contribution in [0.4, 0.5) is 4.39 Å². The van der Waals surface area contributed by atoms with Gasteiger partial charge in [-0.3, -0.25) is 9.69 Å². The summed E-state index contributed by atoms with van der Waals surface area (Å²) in [6, 6.07) is 25.1. The number of carbonyl (C=O) groups is 1. The third-order valence-corrected chi connectivity index (χ3v) is 7.45. The fraction of sp³-hybridized carbons (Fsp3) is 0.323. The number of fused-ring (bicyclic) bond motifs is 1. The lowest BCUT2D eigenvalue weighted by Gasteiger charge is -2.42. The Bertz CT molecular complexity index is 1320. The number of nitrogens with zero attached hydrogens (tertiary/aromatic N) is 2. The molecule has 2 heterocycles. The second-order valence-corrected chi connectivity index (χ2v) is 10.1. The van der Waals surface area contributed by atoms with Gasteiger partial charge in [0.1, 0.15) is 5.82 Å². The highest BCUT2D eigenvalue weighted by Crippen LogP contribution is 2.21. The van der Waals surface area contributed by atoms with Crippen LogP contribution < -0.4 is 5.73 Å². The lowest BCUT2D eigenvalue weighted by atomic mass is 9.99. The molecule has 2 atom stereocenters. The second-order valence-electron chi connectivity index (χ2n) is 10.1. The van der Waals surface area contributed by atoms with E-state index in [1.165, 1.54) is 28.1 Å². The van der Waals surface area contributed by atoms with Crippen LogP contribution in [-0.2, 0) is 24.1 Å². The first-order valence-corrected chi connectivity index (χ1v) is 13.2. The van der Waals surface area contributed by atoms with Crippen LogP contribution in [0, 0.1) is 5.82 Å². The van der Waals surface area contributed by atoms with E-state index in [4.69, 9.17) is 5.73 Å². The molecule has 1 aliphatic rings. The molecule has 5 nitrogen and oxygen atoms in total. The summed E-state index contributed by atoms with van der Waals surface area (Å²) in [5.41, 5.74) is 10.6. The number of halogens is 1. The number of H-pyrrole nitrogens is 1. The molecule has 37 heavy (non-hydrogen) atoms. The van der Waals surface area contributed by atoms with Crippen LogP contribution >= 0.6 is 0 Å². The van der Waals surface area contributed by atoms with Crippen molar-refractivity contribution in [2.45, 2.75) is 37.8 Å². The first-order valence-electron chi connectivity index (χ1n) is 13.2. The van der Waals surface area contributed by atoms with Gasteiger partial charge in [-0.05, 0) is 48.1 Å². The quantitative estimate of drug-likeness (QED) is 0.355. The zero-order valence-electron chi connectivity index (χ0n) is 21.2. The van der Waals surface area contributed by atoms with Gasteiger partial charge in [0.15, 0.2) is 0 Å². The number of para-hydroxylation sites is 1. The van der Waals surface area contributed by atoms with Crippen LogP contribution in [0.5, 0.6) is 0 Å². The molecule has 3 N–H and O–H groups in total. The van der Waals surface area contributed by atoms with Gasteiger partial charge in [-0.2, -0.15) is 0 Å². The Hall–Kier alpha value is -3.48. The number of rotatable bonds is 9. The normalized spacial score (nSPS) is 17.2. The number of nitrogens with two attached hydrogens (primary N) is 1. The van der Waals surface area contributed by atoms with E-state index < -0.39 is 6.04 Å². The number of nitrogens with one attached hydrogen (secondary N) is 1. The highest BCUT2D eigenvalue weighted by atomic mass is 19.1. The molecule has 0 bridgehead atoms. The summed E-state index contributed by atoms with van der Waals surface area (Å²) in [6.45, 7) is 3.28. The number of piperazine rings is 1. The molecule has 1 aromatic heterocycles. The smallest absolute Gasteiger partial charge is 0.224 e. The van der Waals surface area contributed by atoms with Gasteiger partial charge in [-0.1, -0.05) is 66.7 Å². The maximum atomic E-state index is 14.1. The highest BCUT2D eigenvalue weighted by Gasteiger charge is 2.31. The molecule has 192 valence electrons. The summed E-state index contributed by atoms with van der Waals surface area (Å²) in [5.74, 6) is -0.211. The topological polar surface area (TPSA) is 65.4 Å². The summed E-state index contributed by atoms with van der Waals surface area (Å²) in [7, 11) is 0. The molecular formula is C31H35FN4O. The second kappa shape index (κ2) is 11.7. The van der Waals surface area contributed by atoms with Crippen molar-refractivity contribution in [3.63, 3.8) is 0 Å². The van der Waals surface area contributed by atoms with Crippen molar-refractivity contribution in [2.75, 3.05) is 26.2 Å². The zero-order chi connectivity index (χ0) is 25.6. The summed E-state index contributed by atoms with van der Waals surface area (Å²) in [5, 5.41) is 1.28. The molecule has 4 aromatic rings. The number of hydrogen-bond donors (Lipinski definition) is 2. The van der Waals surface area contributed by atoms with Gasteiger partial charge in [0, 0.05) is 61.8 Å². The summed E-state index contributed by atoms with van der Waals surface area (Å²) in [4.78, 5) is 21.3. The van der Waals surface area contributed by atoms with E-state index in [2.05, 4.69) is 52.5 Å². The number of benzene rings is 3. The SMILES string of the molecule is N[C@@H](CC(=O)N1CCN(CCc2c[nH]c3ccccc23)CC1Cc1ccccc1)Cc1ccccc1F. The Morgan fingerprint density at radius 3 is 2.57 bits per heavy atom. The van der Waals surface area contributed by atoms with Crippen LogP contribution in [0.25, 0.3) is 10.9 Å². The number of carbonyl (C=O) groups excluding carboxylic acids is 1. The van der Waals surface area contributed by atoms with Crippen molar-refractivity contribution in [3.8, 4) is 0 Å². The Morgan fingerprint density at radius 1 is 0.973 bits per heavy atom. The van der Waals surface area contributed by atoms with Crippen molar-refractivity contribution >= 4 is 16.8 Å². The molecule has 0 radical (unpaired) electrons. The molecule has 1 amide bonds. The van der Waals surface area contributed by atoms with Gasteiger partial charge in [0.25, 0.3) is 0 Å². The van der Waals surface area contributed by atoms with E-state index in [-0.39, 0.29) is 24.2 Å². The molecule has 0 aliphatic carbocycles. The Kier molecular flexibility index (Phi) is 7.97. The van der Waals surface area contributed by atoms with E-state index in [0.29, 0.717) is 18.5 Å². The maximum Gasteiger partial charge on any atom is 0.224 e.